The highest BCUT2D eigenvalue weighted by Crippen LogP contribution is 2.37. The van der Waals surface area contributed by atoms with Crippen LogP contribution in [0.1, 0.15) is 18.5 Å². The number of fused-ring (bicyclic) bond motifs is 4. The Morgan fingerprint density at radius 2 is 2.00 bits per heavy atom. The van der Waals surface area contributed by atoms with Crippen molar-refractivity contribution in [1.29, 1.82) is 0 Å². The van der Waals surface area contributed by atoms with E-state index >= 15 is 0 Å². The van der Waals surface area contributed by atoms with Crippen LogP contribution in [0.2, 0.25) is 0 Å². The molecule has 4 rings (SSSR count). The van der Waals surface area contributed by atoms with Crippen molar-refractivity contribution in [1.82, 2.24) is 4.98 Å². The van der Waals surface area contributed by atoms with Crippen LogP contribution in [0.15, 0.2) is 39.5 Å². The first-order chi connectivity index (χ1) is 8.75. The van der Waals surface area contributed by atoms with Crippen LogP contribution in [0.4, 0.5) is 0 Å². The minimum Gasteiger partial charge on any atom is -0.354 e. The molecule has 0 bridgehead atoms. The Bertz CT molecular complexity index is 864. The lowest BCUT2D eigenvalue weighted by molar-refractivity contribution is 0.0581. The Balaban J connectivity index is 2.28. The third kappa shape index (κ3) is 1.08. The van der Waals surface area contributed by atoms with Gasteiger partial charge in [0.15, 0.2) is 0 Å². The summed E-state index contributed by atoms with van der Waals surface area (Å²) in [5.74, 6) is 0. The topological polar surface area (TPSA) is 68.1 Å². The second kappa shape index (κ2) is 3.17. The molecule has 0 aliphatic heterocycles. The predicted molar refractivity (Wildman–Crippen MR) is 70.4 cm³/mol. The highest BCUT2D eigenvalue weighted by atomic mass is 17.0. The third-order valence-corrected chi connectivity index (χ3v) is 3.43. The molecule has 4 nitrogen and oxygen atoms in total. The van der Waals surface area contributed by atoms with Gasteiger partial charge in [-0.2, -0.15) is 0 Å². The van der Waals surface area contributed by atoms with E-state index in [1.807, 2.05) is 25.1 Å². The van der Waals surface area contributed by atoms with E-state index in [2.05, 4.69) is 17.1 Å². The molecule has 1 atom stereocenters. The number of aromatic amines is 1. The summed E-state index contributed by atoms with van der Waals surface area (Å²) in [5, 5.41) is 2.30. The van der Waals surface area contributed by atoms with Crippen molar-refractivity contribution >= 4 is 33.0 Å². The molecule has 3 N–H and O–H groups in total. The largest absolute Gasteiger partial charge is 0.354 e. The Kier molecular flexibility index (Phi) is 1.73. The Hall–Kier alpha value is -2.20. The second-order valence-corrected chi connectivity index (χ2v) is 4.67. The van der Waals surface area contributed by atoms with Gasteiger partial charge in [0.05, 0.1) is 5.52 Å². The average molecular weight is 240 g/mol. The number of hydrogen-bond donors (Lipinski definition) is 2. The normalized spacial score (nSPS) is 13.9. The van der Waals surface area contributed by atoms with Crippen LogP contribution in [0, 0.1) is 0 Å². The van der Waals surface area contributed by atoms with E-state index in [-0.39, 0.29) is 6.04 Å². The zero-order valence-corrected chi connectivity index (χ0v) is 9.86. The number of rotatable bonds is 1. The van der Waals surface area contributed by atoms with Crippen molar-refractivity contribution in [2.45, 2.75) is 13.0 Å². The standard InChI is InChI=1S/C14H12N2O2/c1-7(15)12-13-9(6-11-14(12)18-17-11)8-4-2-3-5-10(8)16-13/h2-7,16H,15H2,1H3. The maximum absolute atomic E-state index is 6.05. The van der Waals surface area contributed by atoms with Gasteiger partial charge in [0.25, 0.3) is 0 Å². The lowest BCUT2D eigenvalue weighted by atomic mass is 10.0. The molecule has 0 radical (unpaired) electrons. The summed E-state index contributed by atoms with van der Waals surface area (Å²) in [6.07, 6.45) is 0. The van der Waals surface area contributed by atoms with E-state index in [1.165, 1.54) is 5.39 Å². The van der Waals surface area contributed by atoms with Gasteiger partial charge in [-0.25, -0.2) is 0 Å². The zero-order valence-electron chi connectivity index (χ0n) is 9.86. The van der Waals surface area contributed by atoms with E-state index < -0.39 is 0 Å². The number of benzene rings is 2. The Labute approximate surface area is 102 Å². The van der Waals surface area contributed by atoms with Crippen molar-refractivity contribution in [3.63, 3.8) is 0 Å². The SMILES string of the molecule is CC(N)c1c2[nH]c3ccccc3c2cc2ooc12. The molecule has 4 aromatic rings. The first-order valence-corrected chi connectivity index (χ1v) is 5.93. The van der Waals surface area contributed by atoms with Crippen molar-refractivity contribution < 1.29 is 9.15 Å². The Morgan fingerprint density at radius 1 is 1.17 bits per heavy atom. The quantitative estimate of drug-likeness (QED) is 0.499. The van der Waals surface area contributed by atoms with E-state index in [1.54, 1.807) is 0 Å². The van der Waals surface area contributed by atoms with Gasteiger partial charge >= 0.3 is 0 Å². The maximum Gasteiger partial charge on any atom is 0.232 e. The molecule has 2 heterocycles. The smallest absolute Gasteiger partial charge is 0.232 e. The van der Waals surface area contributed by atoms with Crippen LogP contribution in [-0.4, -0.2) is 4.98 Å². The van der Waals surface area contributed by atoms with Gasteiger partial charge in [0.2, 0.25) is 11.2 Å². The number of nitrogens with two attached hydrogens (primary N) is 1. The minimum absolute atomic E-state index is 0.112. The molecule has 0 spiro atoms. The van der Waals surface area contributed by atoms with Gasteiger partial charge in [-0.3, -0.25) is 9.15 Å². The van der Waals surface area contributed by atoms with Crippen LogP contribution in [0.5, 0.6) is 0 Å². The molecule has 0 aliphatic carbocycles. The van der Waals surface area contributed by atoms with E-state index in [9.17, 15) is 0 Å². The summed E-state index contributed by atoms with van der Waals surface area (Å²) < 4.78 is 10.1. The van der Waals surface area contributed by atoms with Crippen molar-refractivity contribution in [2.75, 3.05) is 0 Å². The summed E-state index contributed by atoms with van der Waals surface area (Å²) in [4.78, 5) is 3.41. The van der Waals surface area contributed by atoms with Crippen molar-refractivity contribution in [2.24, 2.45) is 5.73 Å². The fourth-order valence-corrected chi connectivity index (χ4v) is 2.60. The van der Waals surface area contributed by atoms with E-state index in [0.29, 0.717) is 0 Å². The molecule has 90 valence electrons. The van der Waals surface area contributed by atoms with Gasteiger partial charge in [0.1, 0.15) is 0 Å². The van der Waals surface area contributed by atoms with E-state index in [0.717, 1.165) is 33.1 Å². The number of hydrogen-bond acceptors (Lipinski definition) is 3. The summed E-state index contributed by atoms with van der Waals surface area (Å²) >= 11 is 0. The predicted octanol–water partition coefficient (Wildman–Crippen LogP) is 3.68. The highest BCUT2D eigenvalue weighted by Gasteiger charge is 2.20. The summed E-state index contributed by atoms with van der Waals surface area (Å²) in [6.45, 7) is 1.95. The number of aromatic nitrogens is 1. The van der Waals surface area contributed by atoms with Gasteiger partial charge in [-0.05, 0) is 19.1 Å². The zero-order chi connectivity index (χ0) is 12.3. The van der Waals surface area contributed by atoms with Gasteiger partial charge in [0, 0.05) is 27.9 Å². The van der Waals surface area contributed by atoms with E-state index in [4.69, 9.17) is 14.9 Å². The molecule has 0 aliphatic rings. The van der Waals surface area contributed by atoms with Crippen LogP contribution in [0.25, 0.3) is 33.0 Å². The molecular formula is C14H12N2O2. The first kappa shape index (κ1) is 9.79. The molecule has 0 amide bonds. The van der Waals surface area contributed by atoms with Crippen molar-refractivity contribution in [3.8, 4) is 0 Å². The summed E-state index contributed by atoms with van der Waals surface area (Å²) in [7, 11) is 0. The summed E-state index contributed by atoms with van der Waals surface area (Å²) in [5.41, 5.74) is 10.7. The van der Waals surface area contributed by atoms with Gasteiger partial charge in [-0.15, -0.1) is 0 Å². The molecule has 18 heavy (non-hydrogen) atoms. The first-order valence-electron chi connectivity index (χ1n) is 5.93. The van der Waals surface area contributed by atoms with Crippen LogP contribution >= 0.6 is 0 Å². The lowest BCUT2D eigenvalue weighted by Crippen LogP contribution is -2.07. The molecule has 0 fully saturated rings. The molecule has 0 saturated carbocycles. The second-order valence-electron chi connectivity index (χ2n) is 4.67. The van der Waals surface area contributed by atoms with Crippen LogP contribution in [0.3, 0.4) is 0 Å². The third-order valence-electron chi connectivity index (χ3n) is 3.43. The van der Waals surface area contributed by atoms with Gasteiger partial charge < -0.3 is 10.7 Å². The summed E-state index contributed by atoms with van der Waals surface area (Å²) in [6, 6.07) is 10.1. The van der Waals surface area contributed by atoms with Crippen molar-refractivity contribution in [3.05, 3.63) is 35.9 Å². The average Bonchev–Trinajstić information content (AvgIpc) is 2.69. The highest BCUT2D eigenvalue weighted by molar-refractivity contribution is 6.12. The molecule has 0 saturated heterocycles. The van der Waals surface area contributed by atoms with Crippen LogP contribution in [-0.2, 0) is 0 Å². The molecule has 2 aromatic heterocycles. The number of para-hydroxylation sites is 1. The number of H-pyrrole nitrogens is 1. The molecule has 1 unspecified atom stereocenters. The maximum atomic E-state index is 6.05. The molecule has 2 aromatic carbocycles. The monoisotopic (exact) mass is 240 g/mol. The lowest BCUT2D eigenvalue weighted by Gasteiger charge is -2.10. The van der Waals surface area contributed by atoms with Crippen LogP contribution < -0.4 is 5.73 Å². The fraction of sp³-hybridized carbons (Fsp3) is 0.143. The number of nitrogens with one attached hydrogen (secondary N) is 1. The van der Waals surface area contributed by atoms with Gasteiger partial charge in [-0.1, -0.05) is 18.2 Å². The fourth-order valence-electron chi connectivity index (χ4n) is 2.60. The Morgan fingerprint density at radius 3 is 2.72 bits per heavy atom. The molecule has 4 heteroatoms. The minimum atomic E-state index is -0.112. The molecular weight excluding hydrogens is 228 g/mol.